The molecule has 0 unspecified atom stereocenters. The van der Waals surface area contributed by atoms with Crippen LogP contribution >= 0.6 is 0 Å². The van der Waals surface area contributed by atoms with E-state index in [9.17, 15) is 0 Å². The highest BCUT2D eigenvalue weighted by Crippen LogP contribution is 2.33. The molecule has 0 aliphatic heterocycles. The molecule has 0 heterocycles. The van der Waals surface area contributed by atoms with Gasteiger partial charge in [-0.3, -0.25) is 0 Å². The second kappa shape index (κ2) is 16.1. The van der Waals surface area contributed by atoms with Crippen LogP contribution in [0, 0.1) is 16.2 Å². The topological polar surface area (TPSA) is 126 Å². The van der Waals surface area contributed by atoms with Gasteiger partial charge in [-0.15, -0.1) is 0 Å². The summed E-state index contributed by atoms with van der Waals surface area (Å²) in [5.41, 5.74) is 3.50. The third-order valence-corrected chi connectivity index (χ3v) is 3.04. The van der Waals surface area contributed by atoms with E-state index in [1.54, 1.807) is 0 Å². The van der Waals surface area contributed by atoms with Gasteiger partial charge in [0, 0.05) is 17.1 Å². The monoisotopic (exact) mass is 374 g/mol. The van der Waals surface area contributed by atoms with Gasteiger partial charge in [-0.25, -0.2) is 30.6 Å². The van der Waals surface area contributed by atoms with Crippen molar-refractivity contribution >= 4 is 35.3 Å². The summed E-state index contributed by atoms with van der Waals surface area (Å²) >= 11 is 0. The molecule has 0 aliphatic carbocycles. The number of rotatable bonds is 3. The third-order valence-electron chi connectivity index (χ3n) is 3.04. The second-order valence-corrected chi connectivity index (χ2v) is 4.65. The summed E-state index contributed by atoms with van der Waals surface area (Å²) in [5.74, 6) is 0. The molecule has 3 aromatic rings. The second-order valence-electron chi connectivity index (χ2n) is 4.65. The van der Waals surface area contributed by atoms with Gasteiger partial charge in [0.25, 0.3) is 0 Å². The van der Waals surface area contributed by atoms with Crippen molar-refractivity contribution in [2.24, 2.45) is 0 Å². The SMILES string of the molecule is N=C=O.N=C=O.N=C=O.c1ccc(N(c2ccccc2)c2ccccc2)cc1. The Morgan fingerprint density at radius 1 is 0.464 bits per heavy atom. The van der Waals surface area contributed by atoms with Crippen LogP contribution in [0.2, 0.25) is 0 Å². The molecule has 0 amide bonds. The number of benzene rings is 3. The van der Waals surface area contributed by atoms with Gasteiger partial charge >= 0.3 is 0 Å². The van der Waals surface area contributed by atoms with Gasteiger partial charge in [-0.2, -0.15) is 0 Å². The predicted molar refractivity (Wildman–Crippen MR) is 106 cm³/mol. The van der Waals surface area contributed by atoms with E-state index in [2.05, 4.69) is 77.7 Å². The Balaban J connectivity index is 0.000000695. The molecule has 0 saturated heterocycles. The van der Waals surface area contributed by atoms with Crippen molar-refractivity contribution in [1.82, 2.24) is 0 Å². The fourth-order valence-electron chi connectivity index (χ4n) is 2.18. The number of para-hydroxylation sites is 3. The zero-order valence-electron chi connectivity index (χ0n) is 14.8. The summed E-state index contributed by atoms with van der Waals surface area (Å²) < 4.78 is 0. The summed E-state index contributed by atoms with van der Waals surface area (Å²) in [4.78, 5) is 27.3. The smallest absolute Gasteiger partial charge is 0.231 e. The molecular weight excluding hydrogens is 356 g/mol. The minimum Gasteiger partial charge on any atom is -0.311 e. The van der Waals surface area contributed by atoms with Crippen LogP contribution in [0.4, 0.5) is 17.1 Å². The Morgan fingerprint density at radius 3 is 0.821 bits per heavy atom. The van der Waals surface area contributed by atoms with Gasteiger partial charge in [0.05, 0.1) is 0 Å². The Bertz CT molecular complexity index is 760. The van der Waals surface area contributed by atoms with E-state index in [-0.39, 0.29) is 0 Å². The molecule has 7 heteroatoms. The van der Waals surface area contributed by atoms with Gasteiger partial charge in [0.2, 0.25) is 18.2 Å². The Morgan fingerprint density at radius 2 is 0.643 bits per heavy atom. The molecular formula is C21H18N4O3. The van der Waals surface area contributed by atoms with Gasteiger partial charge in [-0.1, -0.05) is 54.6 Å². The first-order valence-electron chi connectivity index (χ1n) is 7.77. The van der Waals surface area contributed by atoms with Crippen LogP contribution in [0.15, 0.2) is 91.0 Å². The largest absolute Gasteiger partial charge is 0.311 e. The maximum absolute atomic E-state index is 8.35. The van der Waals surface area contributed by atoms with Crippen molar-refractivity contribution in [2.75, 3.05) is 4.90 Å². The van der Waals surface area contributed by atoms with Gasteiger partial charge < -0.3 is 4.90 Å². The number of nitrogens with zero attached hydrogens (tertiary/aromatic N) is 1. The van der Waals surface area contributed by atoms with Crippen LogP contribution in [-0.2, 0) is 14.4 Å². The lowest BCUT2D eigenvalue weighted by Gasteiger charge is -2.25. The molecule has 28 heavy (non-hydrogen) atoms. The molecule has 0 atom stereocenters. The van der Waals surface area contributed by atoms with Crippen molar-refractivity contribution in [1.29, 1.82) is 16.2 Å². The molecule has 3 N–H and O–H groups in total. The third kappa shape index (κ3) is 9.18. The van der Waals surface area contributed by atoms with Crippen LogP contribution in [-0.4, -0.2) is 18.2 Å². The van der Waals surface area contributed by atoms with E-state index in [1.165, 1.54) is 17.1 Å². The lowest BCUT2D eigenvalue weighted by molar-refractivity contribution is 0.562. The van der Waals surface area contributed by atoms with Crippen LogP contribution in [0.3, 0.4) is 0 Å². The van der Waals surface area contributed by atoms with Gasteiger partial charge in [0.1, 0.15) is 0 Å². The van der Waals surface area contributed by atoms with Crippen LogP contribution < -0.4 is 4.90 Å². The number of hydrogen-bond donors (Lipinski definition) is 3. The summed E-state index contributed by atoms with van der Waals surface area (Å²) in [6.07, 6.45) is 2.25. The van der Waals surface area contributed by atoms with Gasteiger partial charge in [-0.05, 0) is 36.4 Å². The Kier molecular flexibility index (Phi) is 13.6. The number of hydrogen-bond acceptors (Lipinski definition) is 7. The average molecular weight is 374 g/mol. The van der Waals surface area contributed by atoms with E-state index in [0.29, 0.717) is 0 Å². The zero-order chi connectivity index (χ0) is 21.0. The molecule has 3 rings (SSSR count). The van der Waals surface area contributed by atoms with Crippen molar-refractivity contribution in [2.45, 2.75) is 0 Å². The average Bonchev–Trinajstić information content (AvgIpc) is 2.73. The fraction of sp³-hybridized carbons (Fsp3) is 0. The van der Waals surface area contributed by atoms with Crippen molar-refractivity contribution in [3.63, 3.8) is 0 Å². The van der Waals surface area contributed by atoms with Gasteiger partial charge in [0.15, 0.2) is 0 Å². The highest BCUT2D eigenvalue weighted by atomic mass is 16.1. The highest BCUT2D eigenvalue weighted by molar-refractivity contribution is 5.76. The molecule has 0 bridgehead atoms. The van der Waals surface area contributed by atoms with Crippen LogP contribution in [0.25, 0.3) is 0 Å². The molecule has 0 saturated carbocycles. The first kappa shape index (κ1) is 23.6. The van der Waals surface area contributed by atoms with Crippen molar-refractivity contribution < 1.29 is 14.4 Å². The van der Waals surface area contributed by atoms with E-state index < -0.39 is 0 Å². The Labute approximate surface area is 162 Å². The molecule has 0 aromatic heterocycles. The minimum atomic E-state index is 0.750. The first-order chi connectivity index (χ1) is 13.7. The maximum Gasteiger partial charge on any atom is 0.231 e. The zero-order valence-corrected chi connectivity index (χ0v) is 14.8. The number of anilines is 3. The van der Waals surface area contributed by atoms with E-state index in [1.807, 2.05) is 18.2 Å². The molecule has 0 spiro atoms. The molecule has 140 valence electrons. The van der Waals surface area contributed by atoms with Crippen LogP contribution in [0.1, 0.15) is 0 Å². The maximum atomic E-state index is 8.35. The predicted octanol–water partition coefficient (Wildman–Crippen LogP) is 4.86. The summed E-state index contributed by atoms with van der Waals surface area (Å²) in [7, 11) is 0. The standard InChI is InChI=1S/C18H15N.3CHNO/c1-4-10-16(11-5-1)19(17-12-6-2-7-13-17)18-14-8-3-9-15-18;3*2-1-3/h1-15H;3*2H. The minimum absolute atomic E-state index is 0.750. The quantitative estimate of drug-likeness (QED) is 0.447. The summed E-state index contributed by atoms with van der Waals surface area (Å²) in [6, 6.07) is 31.3. The number of isocyanates is 3. The number of carbonyl (C=O) groups excluding carboxylic acids is 3. The van der Waals surface area contributed by atoms with E-state index >= 15 is 0 Å². The fourth-order valence-corrected chi connectivity index (χ4v) is 2.18. The Hall–Kier alpha value is -4.40. The van der Waals surface area contributed by atoms with E-state index in [4.69, 9.17) is 30.6 Å². The molecule has 7 nitrogen and oxygen atoms in total. The molecule has 0 radical (unpaired) electrons. The van der Waals surface area contributed by atoms with Crippen molar-refractivity contribution in [3.8, 4) is 0 Å². The van der Waals surface area contributed by atoms with Crippen molar-refractivity contribution in [3.05, 3.63) is 91.0 Å². The summed E-state index contributed by atoms with van der Waals surface area (Å²) in [5, 5.41) is 16.2. The van der Waals surface area contributed by atoms with Crippen LogP contribution in [0.5, 0.6) is 0 Å². The van der Waals surface area contributed by atoms with E-state index in [0.717, 1.165) is 18.2 Å². The molecule has 0 fully saturated rings. The lowest BCUT2D eigenvalue weighted by Crippen LogP contribution is -2.09. The normalized spacial score (nSPS) is 7.71. The summed E-state index contributed by atoms with van der Waals surface area (Å²) in [6.45, 7) is 0. The first-order valence-corrected chi connectivity index (χ1v) is 7.77. The highest BCUT2D eigenvalue weighted by Gasteiger charge is 2.10. The molecule has 0 aliphatic rings. The number of nitrogens with one attached hydrogen (secondary N) is 3. The lowest BCUT2D eigenvalue weighted by atomic mass is 10.2. The molecule has 3 aromatic carbocycles.